The number of nitrogens with two attached hydrogens (primary N) is 1. The van der Waals surface area contributed by atoms with Gasteiger partial charge in [0, 0.05) is 30.5 Å². The van der Waals surface area contributed by atoms with Crippen LogP contribution in [0.4, 0.5) is 4.39 Å². The number of Topliss-reactive ketones (excluding diaryl/α,β-unsaturated/α-hetero) is 1. The van der Waals surface area contributed by atoms with Crippen LogP contribution in [0.15, 0.2) is 24.3 Å². The van der Waals surface area contributed by atoms with Crippen LogP contribution < -0.4 is 11.1 Å². The fourth-order valence-electron chi connectivity index (χ4n) is 3.47. The molecule has 2 unspecified atom stereocenters. The standard InChI is InChI=1S/C19H27FN2O2.ClH/c1-13(19(24)15-8-5-9-16(20)11-15)10-18(23)22-17(12-21)14-6-3-2-4-7-14;/h5,8-9,11,13-14,17H,2-4,6-7,10,12,21H2,1H3,(H,22,23);1H. The van der Waals surface area contributed by atoms with Gasteiger partial charge in [-0.25, -0.2) is 4.39 Å². The van der Waals surface area contributed by atoms with Gasteiger partial charge in [-0.3, -0.25) is 9.59 Å². The van der Waals surface area contributed by atoms with Crippen molar-refractivity contribution in [1.82, 2.24) is 5.32 Å². The lowest BCUT2D eigenvalue weighted by Crippen LogP contribution is -2.46. The first-order chi connectivity index (χ1) is 11.5. The molecule has 0 aromatic heterocycles. The molecule has 4 nitrogen and oxygen atoms in total. The van der Waals surface area contributed by atoms with E-state index in [1.54, 1.807) is 13.0 Å². The van der Waals surface area contributed by atoms with Crippen LogP contribution in [0.1, 0.15) is 55.8 Å². The number of halogens is 2. The zero-order valence-electron chi connectivity index (χ0n) is 14.7. The van der Waals surface area contributed by atoms with E-state index in [2.05, 4.69) is 5.32 Å². The predicted octanol–water partition coefficient (Wildman–Crippen LogP) is 3.48. The van der Waals surface area contributed by atoms with Gasteiger partial charge in [-0.05, 0) is 30.9 Å². The highest BCUT2D eigenvalue weighted by Crippen LogP contribution is 2.26. The number of carbonyl (C=O) groups is 2. The van der Waals surface area contributed by atoms with Crippen molar-refractivity contribution in [3.8, 4) is 0 Å². The Bertz CT molecular complexity index is 576. The average Bonchev–Trinajstić information content (AvgIpc) is 2.59. The molecule has 0 saturated heterocycles. The van der Waals surface area contributed by atoms with Crippen molar-refractivity contribution in [2.24, 2.45) is 17.6 Å². The predicted molar refractivity (Wildman–Crippen MR) is 99.3 cm³/mol. The van der Waals surface area contributed by atoms with Gasteiger partial charge < -0.3 is 11.1 Å². The molecule has 0 spiro atoms. The molecule has 3 N–H and O–H groups in total. The summed E-state index contributed by atoms with van der Waals surface area (Å²) in [4.78, 5) is 24.6. The van der Waals surface area contributed by atoms with Crippen molar-refractivity contribution >= 4 is 24.1 Å². The highest BCUT2D eigenvalue weighted by atomic mass is 35.5. The molecule has 1 aromatic rings. The lowest BCUT2D eigenvalue weighted by Gasteiger charge is -2.30. The van der Waals surface area contributed by atoms with Crippen molar-refractivity contribution in [2.75, 3.05) is 6.54 Å². The van der Waals surface area contributed by atoms with Crippen LogP contribution in [0, 0.1) is 17.7 Å². The normalized spacial score (nSPS) is 17.2. The van der Waals surface area contributed by atoms with Gasteiger partial charge in [0.1, 0.15) is 5.82 Å². The molecule has 0 aliphatic heterocycles. The smallest absolute Gasteiger partial charge is 0.220 e. The SMILES string of the molecule is CC(CC(=O)NC(CN)C1CCCCC1)C(=O)c1cccc(F)c1.Cl. The molecule has 0 bridgehead atoms. The Morgan fingerprint density at radius 2 is 1.96 bits per heavy atom. The van der Waals surface area contributed by atoms with Crippen LogP contribution in [0.25, 0.3) is 0 Å². The summed E-state index contributed by atoms with van der Waals surface area (Å²) in [5, 5.41) is 2.99. The molecule has 1 aliphatic carbocycles. The van der Waals surface area contributed by atoms with Crippen LogP contribution in [0.5, 0.6) is 0 Å². The van der Waals surface area contributed by atoms with Crippen molar-refractivity contribution in [1.29, 1.82) is 0 Å². The zero-order valence-corrected chi connectivity index (χ0v) is 15.5. The highest BCUT2D eigenvalue weighted by Gasteiger charge is 2.25. The Hall–Kier alpha value is -1.46. The van der Waals surface area contributed by atoms with Gasteiger partial charge in [-0.15, -0.1) is 12.4 Å². The number of hydrogen-bond acceptors (Lipinski definition) is 3. The van der Waals surface area contributed by atoms with Crippen LogP contribution in [0.3, 0.4) is 0 Å². The fourth-order valence-corrected chi connectivity index (χ4v) is 3.47. The van der Waals surface area contributed by atoms with Gasteiger partial charge in [0.05, 0.1) is 0 Å². The van der Waals surface area contributed by atoms with E-state index in [1.165, 1.54) is 37.5 Å². The van der Waals surface area contributed by atoms with E-state index in [4.69, 9.17) is 5.73 Å². The lowest BCUT2D eigenvalue weighted by atomic mass is 9.83. The minimum Gasteiger partial charge on any atom is -0.352 e. The third-order valence-electron chi connectivity index (χ3n) is 4.87. The topological polar surface area (TPSA) is 72.2 Å². The highest BCUT2D eigenvalue weighted by molar-refractivity contribution is 5.99. The monoisotopic (exact) mass is 370 g/mol. The molecule has 0 radical (unpaired) electrons. The van der Waals surface area contributed by atoms with Gasteiger partial charge in [-0.1, -0.05) is 38.3 Å². The first-order valence-corrected chi connectivity index (χ1v) is 8.80. The molecule has 6 heteroatoms. The van der Waals surface area contributed by atoms with Gasteiger partial charge in [0.25, 0.3) is 0 Å². The summed E-state index contributed by atoms with van der Waals surface area (Å²) in [5.41, 5.74) is 6.13. The van der Waals surface area contributed by atoms with Gasteiger partial charge in [0.15, 0.2) is 5.78 Å². The van der Waals surface area contributed by atoms with E-state index >= 15 is 0 Å². The number of ketones is 1. The maximum Gasteiger partial charge on any atom is 0.220 e. The third kappa shape index (κ3) is 6.40. The van der Waals surface area contributed by atoms with E-state index < -0.39 is 11.7 Å². The summed E-state index contributed by atoms with van der Waals surface area (Å²) in [5.74, 6) is -0.878. The first-order valence-electron chi connectivity index (χ1n) is 8.80. The number of benzene rings is 1. The van der Waals surface area contributed by atoms with E-state index in [1.807, 2.05) is 0 Å². The molecule has 1 aromatic carbocycles. The second-order valence-corrected chi connectivity index (χ2v) is 6.79. The minimum atomic E-state index is -0.489. The molecule has 2 rings (SSSR count). The largest absolute Gasteiger partial charge is 0.352 e. The maximum atomic E-state index is 13.2. The maximum absolute atomic E-state index is 13.2. The van der Waals surface area contributed by atoms with Crippen LogP contribution in [-0.4, -0.2) is 24.3 Å². The van der Waals surface area contributed by atoms with Gasteiger partial charge in [0.2, 0.25) is 5.91 Å². The van der Waals surface area contributed by atoms with Crippen LogP contribution >= 0.6 is 12.4 Å². The molecule has 25 heavy (non-hydrogen) atoms. The molecule has 0 heterocycles. The van der Waals surface area contributed by atoms with Gasteiger partial charge in [-0.2, -0.15) is 0 Å². The van der Waals surface area contributed by atoms with Gasteiger partial charge >= 0.3 is 0 Å². The molecular formula is C19H28ClFN2O2. The summed E-state index contributed by atoms with van der Waals surface area (Å²) in [6.07, 6.45) is 5.91. The van der Waals surface area contributed by atoms with Crippen molar-refractivity contribution < 1.29 is 14.0 Å². The van der Waals surface area contributed by atoms with Crippen molar-refractivity contribution in [3.05, 3.63) is 35.6 Å². The number of amides is 1. The van der Waals surface area contributed by atoms with E-state index in [0.29, 0.717) is 18.0 Å². The average molecular weight is 371 g/mol. The molecule has 1 aliphatic rings. The van der Waals surface area contributed by atoms with E-state index in [9.17, 15) is 14.0 Å². The Kier molecular flexibility index (Phi) is 9.08. The first kappa shape index (κ1) is 21.6. The zero-order chi connectivity index (χ0) is 17.5. The summed E-state index contributed by atoms with van der Waals surface area (Å²) < 4.78 is 13.2. The number of nitrogens with one attached hydrogen (secondary N) is 1. The lowest BCUT2D eigenvalue weighted by molar-refractivity contribution is -0.122. The molecular weight excluding hydrogens is 343 g/mol. The molecule has 2 atom stereocenters. The van der Waals surface area contributed by atoms with Crippen molar-refractivity contribution in [2.45, 2.75) is 51.5 Å². The van der Waals surface area contributed by atoms with Crippen LogP contribution in [0.2, 0.25) is 0 Å². The molecule has 1 fully saturated rings. The van der Waals surface area contributed by atoms with E-state index in [0.717, 1.165) is 12.8 Å². The second-order valence-electron chi connectivity index (χ2n) is 6.79. The molecule has 140 valence electrons. The summed E-state index contributed by atoms with van der Waals surface area (Å²) in [6.45, 7) is 2.12. The fraction of sp³-hybridized carbons (Fsp3) is 0.579. The van der Waals surface area contributed by atoms with Crippen LogP contribution in [-0.2, 0) is 4.79 Å². The third-order valence-corrected chi connectivity index (χ3v) is 4.87. The summed E-state index contributed by atoms with van der Waals surface area (Å²) in [7, 11) is 0. The Labute approximate surface area is 155 Å². The van der Waals surface area contributed by atoms with E-state index in [-0.39, 0.29) is 36.6 Å². The summed E-state index contributed by atoms with van der Waals surface area (Å²) >= 11 is 0. The number of hydrogen-bond donors (Lipinski definition) is 2. The number of rotatable bonds is 7. The summed E-state index contributed by atoms with van der Waals surface area (Å²) in [6, 6.07) is 5.56. The van der Waals surface area contributed by atoms with Crippen molar-refractivity contribution in [3.63, 3.8) is 0 Å². The second kappa shape index (κ2) is 10.5. The molecule has 1 amide bonds. The molecule has 1 saturated carbocycles. The Balaban J connectivity index is 0.00000312. The minimum absolute atomic E-state index is 0. The Morgan fingerprint density at radius 3 is 2.56 bits per heavy atom. The number of carbonyl (C=O) groups excluding carboxylic acids is 2. The quantitative estimate of drug-likeness (QED) is 0.722. The Morgan fingerprint density at radius 1 is 1.28 bits per heavy atom.